The monoisotopic (exact) mass is 152 g/mol. The first-order valence-corrected chi connectivity index (χ1v) is 4.56. The second-order valence-electron chi connectivity index (χ2n) is 3.15. The van der Waals surface area contributed by atoms with Gasteiger partial charge in [0.1, 0.15) is 5.78 Å². The molecule has 0 aliphatic heterocycles. The molecule has 0 aromatic rings. The van der Waals surface area contributed by atoms with E-state index in [4.69, 9.17) is 0 Å². The average Bonchev–Trinajstić information content (AvgIpc) is 2.03. The highest BCUT2D eigenvalue weighted by atomic mass is 16.1. The molecule has 0 radical (unpaired) electrons. The minimum atomic E-state index is 0.459. The van der Waals surface area contributed by atoms with E-state index in [-0.39, 0.29) is 0 Å². The van der Waals surface area contributed by atoms with Crippen LogP contribution in [-0.2, 0) is 4.79 Å². The maximum absolute atomic E-state index is 11.1. The number of rotatable bonds is 0. The van der Waals surface area contributed by atoms with Gasteiger partial charge in [-0.15, -0.1) is 0 Å². The molecule has 1 rings (SSSR count). The van der Waals surface area contributed by atoms with Gasteiger partial charge in [-0.05, 0) is 32.1 Å². The molecule has 0 atom stereocenters. The summed E-state index contributed by atoms with van der Waals surface area (Å²) in [6, 6.07) is 0. The summed E-state index contributed by atoms with van der Waals surface area (Å²) >= 11 is 0. The van der Waals surface area contributed by atoms with Gasteiger partial charge < -0.3 is 0 Å². The molecular formula is C10H16O. The summed E-state index contributed by atoms with van der Waals surface area (Å²) in [7, 11) is 0. The minimum Gasteiger partial charge on any atom is -0.300 e. The van der Waals surface area contributed by atoms with Crippen LogP contribution in [0.2, 0.25) is 0 Å². The summed E-state index contributed by atoms with van der Waals surface area (Å²) in [6.45, 7) is 0. The molecule has 11 heavy (non-hydrogen) atoms. The van der Waals surface area contributed by atoms with E-state index in [9.17, 15) is 4.79 Å². The minimum absolute atomic E-state index is 0.459. The van der Waals surface area contributed by atoms with Gasteiger partial charge in [0, 0.05) is 12.8 Å². The molecule has 1 aliphatic carbocycles. The van der Waals surface area contributed by atoms with E-state index in [1.54, 1.807) is 0 Å². The summed E-state index contributed by atoms with van der Waals surface area (Å²) in [5.74, 6) is 0.459. The van der Waals surface area contributed by atoms with E-state index in [2.05, 4.69) is 12.2 Å². The molecule has 0 aromatic heterocycles. The number of ketones is 1. The Bertz CT molecular complexity index is 147. The lowest BCUT2D eigenvalue weighted by molar-refractivity contribution is -0.119. The van der Waals surface area contributed by atoms with Crippen LogP contribution in [0.25, 0.3) is 0 Å². The zero-order chi connectivity index (χ0) is 7.94. The summed E-state index contributed by atoms with van der Waals surface area (Å²) in [5, 5.41) is 0. The van der Waals surface area contributed by atoms with Crippen LogP contribution in [0, 0.1) is 0 Å². The first kappa shape index (κ1) is 8.51. The van der Waals surface area contributed by atoms with Gasteiger partial charge >= 0.3 is 0 Å². The predicted molar refractivity (Wildman–Crippen MR) is 46.5 cm³/mol. The molecular weight excluding hydrogens is 136 g/mol. The Kier molecular flexibility index (Phi) is 3.95. The molecule has 0 heterocycles. The number of carbonyl (C=O) groups excluding carboxylic acids is 1. The molecule has 1 nitrogen and oxygen atoms in total. The molecule has 0 saturated heterocycles. The third kappa shape index (κ3) is 3.97. The number of allylic oxidation sites excluding steroid dienone is 2. The number of Topliss-reactive ketones (excluding diaryl/α,β-unsaturated/α-hetero) is 1. The Morgan fingerprint density at radius 1 is 0.909 bits per heavy atom. The lowest BCUT2D eigenvalue weighted by atomic mass is 10.0. The van der Waals surface area contributed by atoms with Crippen LogP contribution >= 0.6 is 0 Å². The molecule has 0 saturated carbocycles. The van der Waals surface area contributed by atoms with Crippen LogP contribution in [0.15, 0.2) is 12.2 Å². The van der Waals surface area contributed by atoms with Crippen molar-refractivity contribution in [3.63, 3.8) is 0 Å². The third-order valence-corrected chi connectivity index (χ3v) is 2.07. The fourth-order valence-electron chi connectivity index (χ4n) is 1.36. The van der Waals surface area contributed by atoms with Crippen molar-refractivity contribution in [3.8, 4) is 0 Å². The van der Waals surface area contributed by atoms with Crippen molar-refractivity contribution < 1.29 is 4.79 Å². The zero-order valence-electron chi connectivity index (χ0n) is 7.01. The number of hydrogen-bond acceptors (Lipinski definition) is 1. The van der Waals surface area contributed by atoms with Gasteiger partial charge in [-0.2, -0.15) is 0 Å². The maximum atomic E-state index is 11.1. The highest BCUT2D eigenvalue weighted by Crippen LogP contribution is 2.09. The highest BCUT2D eigenvalue weighted by molar-refractivity contribution is 5.78. The van der Waals surface area contributed by atoms with Crippen molar-refractivity contribution in [2.75, 3.05) is 0 Å². The zero-order valence-corrected chi connectivity index (χ0v) is 7.01. The lowest BCUT2D eigenvalue weighted by Crippen LogP contribution is -1.97. The van der Waals surface area contributed by atoms with Crippen molar-refractivity contribution in [1.82, 2.24) is 0 Å². The Morgan fingerprint density at radius 2 is 1.55 bits per heavy atom. The van der Waals surface area contributed by atoms with Gasteiger partial charge in [0.15, 0.2) is 0 Å². The Labute approximate surface area is 68.5 Å². The normalized spacial score (nSPS) is 24.5. The van der Waals surface area contributed by atoms with Crippen molar-refractivity contribution in [2.24, 2.45) is 0 Å². The Balaban J connectivity index is 2.28. The number of hydrogen-bond donors (Lipinski definition) is 0. The first-order chi connectivity index (χ1) is 5.39. The van der Waals surface area contributed by atoms with Gasteiger partial charge in [0.2, 0.25) is 0 Å². The van der Waals surface area contributed by atoms with Crippen LogP contribution in [0.4, 0.5) is 0 Å². The fraction of sp³-hybridized carbons (Fsp3) is 0.700. The van der Waals surface area contributed by atoms with Crippen molar-refractivity contribution in [2.45, 2.75) is 44.9 Å². The smallest absolute Gasteiger partial charge is 0.132 e. The van der Waals surface area contributed by atoms with E-state index in [1.807, 2.05) is 0 Å². The SMILES string of the molecule is O=C1CCC/C=C/CCCC1. The first-order valence-electron chi connectivity index (χ1n) is 4.56. The Morgan fingerprint density at radius 3 is 2.36 bits per heavy atom. The van der Waals surface area contributed by atoms with E-state index in [1.165, 1.54) is 6.42 Å². The van der Waals surface area contributed by atoms with E-state index < -0.39 is 0 Å². The Hall–Kier alpha value is -0.590. The van der Waals surface area contributed by atoms with Crippen molar-refractivity contribution in [3.05, 3.63) is 12.2 Å². The lowest BCUT2D eigenvalue weighted by Gasteiger charge is -2.01. The molecule has 1 aliphatic rings. The summed E-state index contributed by atoms with van der Waals surface area (Å²) < 4.78 is 0. The van der Waals surface area contributed by atoms with Gasteiger partial charge in [0.25, 0.3) is 0 Å². The molecule has 0 spiro atoms. The second-order valence-corrected chi connectivity index (χ2v) is 3.15. The van der Waals surface area contributed by atoms with E-state index in [0.717, 1.165) is 38.5 Å². The fourth-order valence-corrected chi connectivity index (χ4v) is 1.36. The largest absolute Gasteiger partial charge is 0.300 e. The number of carbonyl (C=O) groups is 1. The molecule has 0 aromatic carbocycles. The molecule has 0 fully saturated rings. The van der Waals surface area contributed by atoms with Crippen LogP contribution < -0.4 is 0 Å². The third-order valence-electron chi connectivity index (χ3n) is 2.07. The van der Waals surface area contributed by atoms with Crippen LogP contribution in [0.1, 0.15) is 44.9 Å². The summed E-state index contributed by atoms with van der Waals surface area (Å²) in [4.78, 5) is 11.1. The predicted octanol–water partition coefficient (Wildman–Crippen LogP) is 2.86. The molecule has 0 amide bonds. The van der Waals surface area contributed by atoms with Crippen molar-refractivity contribution >= 4 is 5.78 Å². The van der Waals surface area contributed by atoms with Gasteiger partial charge in [-0.3, -0.25) is 4.79 Å². The topological polar surface area (TPSA) is 17.1 Å². The van der Waals surface area contributed by atoms with E-state index in [0.29, 0.717) is 5.78 Å². The van der Waals surface area contributed by atoms with Gasteiger partial charge in [-0.25, -0.2) is 0 Å². The molecule has 0 N–H and O–H groups in total. The van der Waals surface area contributed by atoms with Gasteiger partial charge in [-0.1, -0.05) is 12.2 Å². The van der Waals surface area contributed by atoms with E-state index >= 15 is 0 Å². The average molecular weight is 152 g/mol. The van der Waals surface area contributed by atoms with Crippen LogP contribution in [0.3, 0.4) is 0 Å². The maximum Gasteiger partial charge on any atom is 0.132 e. The summed E-state index contributed by atoms with van der Waals surface area (Å²) in [6.07, 6.45) is 11.6. The molecule has 0 bridgehead atoms. The highest BCUT2D eigenvalue weighted by Gasteiger charge is 2.01. The van der Waals surface area contributed by atoms with Crippen LogP contribution in [0.5, 0.6) is 0 Å². The summed E-state index contributed by atoms with van der Waals surface area (Å²) in [5.41, 5.74) is 0. The quantitative estimate of drug-likeness (QED) is 0.488. The molecule has 0 unspecified atom stereocenters. The standard InChI is InChI=1S/C10H16O/c11-10-8-6-4-2-1-3-5-7-9-10/h1-2H,3-9H2/b2-1+. The van der Waals surface area contributed by atoms with Crippen molar-refractivity contribution in [1.29, 1.82) is 0 Å². The van der Waals surface area contributed by atoms with Crippen LogP contribution in [-0.4, -0.2) is 5.78 Å². The second kappa shape index (κ2) is 5.11. The molecule has 1 heteroatoms. The van der Waals surface area contributed by atoms with Gasteiger partial charge in [0.05, 0.1) is 0 Å². The molecule has 62 valence electrons.